The summed E-state index contributed by atoms with van der Waals surface area (Å²) in [5.41, 5.74) is 0.152. The van der Waals surface area contributed by atoms with Gasteiger partial charge in [-0.2, -0.15) is 0 Å². The number of aliphatic carboxylic acids is 1. The number of fused-ring (bicyclic) bond motifs is 1. The molecule has 0 aliphatic heterocycles. The quantitative estimate of drug-likeness (QED) is 0.525. The molecule has 2 amide bonds. The van der Waals surface area contributed by atoms with E-state index in [1.54, 1.807) is 19.1 Å². The van der Waals surface area contributed by atoms with Gasteiger partial charge < -0.3 is 34.4 Å². The fraction of sp³-hybridized carbons (Fsp3) is 0.333. The number of benzene rings is 1. The molecule has 1 aromatic heterocycles. The Hall–Kier alpha value is -3.56. The van der Waals surface area contributed by atoms with Crippen molar-refractivity contribution in [2.24, 2.45) is 0 Å². The van der Waals surface area contributed by atoms with Crippen LogP contribution >= 0.6 is 0 Å². The van der Waals surface area contributed by atoms with E-state index in [9.17, 15) is 24.3 Å². The fourth-order valence-electron chi connectivity index (χ4n) is 2.61. The maximum atomic E-state index is 12.4. The van der Waals surface area contributed by atoms with Crippen LogP contribution in [0.25, 0.3) is 11.0 Å². The van der Waals surface area contributed by atoms with Crippen LogP contribution in [-0.4, -0.2) is 45.1 Å². The molecular weight excluding hydrogens is 372 g/mol. The highest BCUT2D eigenvalue weighted by Gasteiger charge is 2.19. The van der Waals surface area contributed by atoms with Crippen molar-refractivity contribution < 1.29 is 33.4 Å². The van der Waals surface area contributed by atoms with Crippen molar-refractivity contribution in [1.29, 1.82) is 0 Å². The second-order valence-corrected chi connectivity index (χ2v) is 5.77. The van der Waals surface area contributed by atoms with Gasteiger partial charge in [-0.3, -0.25) is 9.59 Å². The van der Waals surface area contributed by atoms with Crippen LogP contribution in [0.5, 0.6) is 11.5 Å². The first-order chi connectivity index (χ1) is 13.3. The molecular formula is C18H19N2O8-. The standard InChI is InChI=1S/C18H20N2O8/c1-9-10-4-5-12(26-2)17(27-3)16(10)28-18(25)11(9)6-13(21)19-7-14(22)20-8-15(23)24/h4-5H,6-8H2,1-3H3,(H,19,21)(H,20,22)(H,23,24)/p-1. The van der Waals surface area contributed by atoms with Crippen molar-refractivity contribution in [3.05, 3.63) is 33.7 Å². The van der Waals surface area contributed by atoms with Gasteiger partial charge in [-0.05, 0) is 24.6 Å². The summed E-state index contributed by atoms with van der Waals surface area (Å²) >= 11 is 0. The number of hydrogen-bond acceptors (Lipinski definition) is 8. The molecule has 2 rings (SSSR count). The van der Waals surface area contributed by atoms with Crippen molar-refractivity contribution in [2.45, 2.75) is 13.3 Å². The summed E-state index contributed by atoms with van der Waals surface area (Å²) in [6.07, 6.45) is -0.313. The Morgan fingerprint density at radius 2 is 1.75 bits per heavy atom. The van der Waals surface area contributed by atoms with Crippen molar-refractivity contribution in [1.82, 2.24) is 10.6 Å². The van der Waals surface area contributed by atoms with Gasteiger partial charge in [0.25, 0.3) is 0 Å². The summed E-state index contributed by atoms with van der Waals surface area (Å²) < 4.78 is 15.8. The minimum atomic E-state index is -1.45. The number of amides is 2. The molecule has 0 aliphatic rings. The van der Waals surface area contributed by atoms with Crippen LogP contribution in [0.3, 0.4) is 0 Å². The molecule has 0 aliphatic carbocycles. The Morgan fingerprint density at radius 1 is 1.07 bits per heavy atom. The summed E-state index contributed by atoms with van der Waals surface area (Å²) in [5.74, 6) is -2.09. The van der Waals surface area contributed by atoms with Crippen LogP contribution < -0.4 is 30.8 Å². The Bertz CT molecular complexity index is 980. The minimum absolute atomic E-state index is 0.132. The topological polar surface area (TPSA) is 147 Å². The molecule has 28 heavy (non-hydrogen) atoms. The van der Waals surface area contributed by atoms with E-state index < -0.39 is 36.5 Å². The van der Waals surface area contributed by atoms with Crippen LogP contribution in [0.2, 0.25) is 0 Å². The highest BCUT2D eigenvalue weighted by molar-refractivity contribution is 5.91. The molecule has 2 aromatic rings. The lowest BCUT2D eigenvalue weighted by Crippen LogP contribution is -2.43. The van der Waals surface area contributed by atoms with Crippen molar-refractivity contribution in [3.8, 4) is 11.5 Å². The molecule has 0 fully saturated rings. The number of aryl methyl sites for hydroxylation is 1. The average Bonchev–Trinajstić information content (AvgIpc) is 2.66. The lowest BCUT2D eigenvalue weighted by molar-refractivity contribution is -0.304. The molecule has 0 saturated heterocycles. The molecule has 0 bridgehead atoms. The number of methoxy groups -OCH3 is 2. The Balaban J connectivity index is 2.21. The maximum Gasteiger partial charge on any atom is 0.340 e. The molecule has 0 atom stereocenters. The predicted octanol–water partition coefficient (Wildman–Crippen LogP) is -1.36. The molecule has 10 heteroatoms. The van der Waals surface area contributed by atoms with Crippen LogP contribution in [0.15, 0.2) is 21.3 Å². The monoisotopic (exact) mass is 391 g/mol. The number of carbonyl (C=O) groups is 3. The van der Waals surface area contributed by atoms with Gasteiger partial charge in [0.05, 0.1) is 45.3 Å². The Kier molecular flexibility index (Phi) is 6.59. The molecule has 1 aromatic carbocycles. The Labute approximate surface area is 159 Å². The molecule has 150 valence electrons. The highest BCUT2D eigenvalue weighted by atomic mass is 16.5. The number of carboxylic acid groups (broad SMARTS) is 1. The Morgan fingerprint density at radius 3 is 2.36 bits per heavy atom. The molecule has 1 heterocycles. The van der Waals surface area contributed by atoms with Gasteiger partial charge >= 0.3 is 5.63 Å². The summed E-state index contributed by atoms with van der Waals surface area (Å²) in [4.78, 5) is 46.1. The number of hydrogen-bond donors (Lipinski definition) is 2. The van der Waals surface area contributed by atoms with Crippen LogP contribution in [-0.2, 0) is 20.8 Å². The second-order valence-electron chi connectivity index (χ2n) is 5.77. The molecule has 0 unspecified atom stereocenters. The molecule has 0 spiro atoms. The average molecular weight is 391 g/mol. The van der Waals surface area contributed by atoms with E-state index in [4.69, 9.17) is 13.9 Å². The summed E-state index contributed by atoms with van der Waals surface area (Å²) in [6.45, 7) is 0.572. The van der Waals surface area contributed by atoms with Gasteiger partial charge in [0, 0.05) is 5.39 Å². The van der Waals surface area contributed by atoms with E-state index >= 15 is 0 Å². The van der Waals surface area contributed by atoms with E-state index in [2.05, 4.69) is 10.6 Å². The largest absolute Gasteiger partial charge is 0.548 e. The number of carbonyl (C=O) groups excluding carboxylic acids is 3. The smallest absolute Gasteiger partial charge is 0.340 e. The zero-order chi connectivity index (χ0) is 20.8. The van der Waals surface area contributed by atoms with Crippen molar-refractivity contribution in [3.63, 3.8) is 0 Å². The van der Waals surface area contributed by atoms with Crippen LogP contribution in [0.1, 0.15) is 11.1 Å². The van der Waals surface area contributed by atoms with E-state index in [1.165, 1.54) is 14.2 Å². The van der Waals surface area contributed by atoms with Gasteiger partial charge in [-0.1, -0.05) is 0 Å². The molecule has 2 N–H and O–H groups in total. The van der Waals surface area contributed by atoms with Gasteiger partial charge in [-0.25, -0.2) is 4.79 Å². The first-order valence-electron chi connectivity index (χ1n) is 8.19. The summed E-state index contributed by atoms with van der Waals surface area (Å²) in [6, 6.07) is 3.34. The SMILES string of the molecule is COc1ccc2c(C)c(CC(=O)NCC(=O)NCC(=O)[O-])c(=O)oc2c1OC. The zero-order valence-electron chi connectivity index (χ0n) is 15.5. The van der Waals surface area contributed by atoms with Crippen molar-refractivity contribution >= 4 is 28.8 Å². The third-order valence-corrected chi connectivity index (χ3v) is 4.01. The third kappa shape index (κ3) is 4.58. The lowest BCUT2D eigenvalue weighted by atomic mass is 10.0. The molecule has 0 saturated carbocycles. The predicted molar refractivity (Wildman–Crippen MR) is 95.1 cm³/mol. The zero-order valence-corrected chi connectivity index (χ0v) is 15.5. The van der Waals surface area contributed by atoms with Crippen LogP contribution in [0.4, 0.5) is 0 Å². The number of nitrogens with one attached hydrogen (secondary N) is 2. The van der Waals surface area contributed by atoms with Gasteiger partial charge in [-0.15, -0.1) is 0 Å². The van der Waals surface area contributed by atoms with Gasteiger partial charge in [0.1, 0.15) is 0 Å². The van der Waals surface area contributed by atoms with Crippen LogP contribution in [0, 0.1) is 6.92 Å². The maximum absolute atomic E-state index is 12.4. The van der Waals surface area contributed by atoms with Gasteiger partial charge in [0.2, 0.25) is 17.6 Å². The van der Waals surface area contributed by atoms with E-state index in [-0.39, 0.29) is 23.3 Å². The van der Waals surface area contributed by atoms with E-state index in [0.717, 1.165) is 0 Å². The van der Waals surface area contributed by atoms with Gasteiger partial charge in [0.15, 0.2) is 11.3 Å². The van der Waals surface area contributed by atoms with E-state index in [1.807, 2.05) is 0 Å². The first-order valence-corrected chi connectivity index (χ1v) is 8.19. The molecule has 10 nitrogen and oxygen atoms in total. The van der Waals surface area contributed by atoms with Crippen molar-refractivity contribution in [2.75, 3.05) is 27.3 Å². The third-order valence-electron chi connectivity index (χ3n) is 4.01. The normalized spacial score (nSPS) is 10.4. The first kappa shape index (κ1) is 20.7. The van der Waals surface area contributed by atoms with E-state index in [0.29, 0.717) is 16.7 Å². The summed E-state index contributed by atoms with van der Waals surface area (Å²) in [5, 5.41) is 15.2. The minimum Gasteiger partial charge on any atom is -0.548 e. The number of ether oxygens (including phenoxy) is 2. The number of carboxylic acids is 1. The number of rotatable bonds is 8. The second kappa shape index (κ2) is 8.89. The lowest BCUT2D eigenvalue weighted by Gasteiger charge is -2.13. The highest BCUT2D eigenvalue weighted by Crippen LogP contribution is 2.36. The fourth-order valence-corrected chi connectivity index (χ4v) is 2.61. The summed E-state index contributed by atoms with van der Waals surface area (Å²) in [7, 11) is 2.87. The molecule has 0 radical (unpaired) electrons.